The molecule has 3 aromatic rings. The van der Waals surface area contributed by atoms with Crippen LogP contribution >= 0.6 is 0 Å². The maximum absolute atomic E-state index is 14.0. The van der Waals surface area contributed by atoms with Gasteiger partial charge in [0, 0.05) is 29.4 Å². The van der Waals surface area contributed by atoms with Gasteiger partial charge in [0.1, 0.15) is 19.4 Å². The van der Waals surface area contributed by atoms with Gasteiger partial charge < -0.3 is 24.1 Å². The van der Waals surface area contributed by atoms with Crippen LogP contribution in [0.2, 0.25) is 0 Å². The molecule has 1 saturated heterocycles. The van der Waals surface area contributed by atoms with Crippen LogP contribution in [0.15, 0.2) is 40.9 Å². The van der Waals surface area contributed by atoms with Gasteiger partial charge in [-0.1, -0.05) is 39.8 Å². The third kappa shape index (κ3) is 10.4. The Kier molecular flexibility index (Phi) is 16.6. The van der Waals surface area contributed by atoms with Gasteiger partial charge in [0.25, 0.3) is 5.89 Å². The molecule has 1 aromatic heterocycles. The van der Waals surface area contributed by atoms with Crippen LogP contribution in [0.25, 0.3) is 22.8 Å². The highest BCUT2D eigenvalue weighted by Crippen LogP contribution is 2.31. The number of carboxylic acids is 1. The predicted molar refractivity (Wildman–Crippen MR) is 154 cm³/mol. The SMILES string of the molecule is C=O.C=O.CC.CC(C)C.Cc1cc(-c2nc(-c3ccc(C(=O)O)c(F)c3)no2)ccc1N1CCCCC1C. The van der Waals surface area contributed by atoms with E-state index in [0.717, 1.165) is 29.7 Å². The van der Waals surface area contributed by atoms with Crippen molar-refractivity contribution in [3.63, 3.8) is 0 Å². The van der Waals surface area contributed by atoms with E-state index in [-0.39, 0.29) is 5.82 Å². The highest BCUT2D eigenvalue weighted by Gasteiger charge is 2.21. The lowest BCUT2D eigenvalue weighted by atomic mass is 10.0. The average molecular weight is 544 g/mol. The molecule has 8 nitrogen and oxygen atoms in total. The van der Waals surface area contributed by atoms with Crippen molar-refractivity contribution in [2.45, 2.75) is 73.8 Å². The minimum Gasteiger partial charge on any atom is -0.478 e. The van der Waals surface area contributed by atoms with E-state index in [1.54, 1.807) is 0 Å². The van der Waals surface area contributed by atoms with E-state index in [4.69, 9.17) is 19.2 Å². The molecular formula is C30H42FN3O5. The van der Waals surface area contributed by atoms with E-state index in [0.29, 0.717) is 17.5 Å². The van der Waals surface area contributed by atoms with Crippen molar-refractivity contribution in [3.8, 4) is 22.8 Å². The number of hydrogen-bond donors (Lipinski definition) is 1. The lowest BCUT2D eigenvalue weighted by Crippen LogP contribution is -2.37. The summed E-state index contributed by atoms with van der Waals surface area (Å²) in [6.45, 7) is 19.9. The van der Waals surface area contributed by atoms with Crippen LogP contribution in [-0.4, -0.2) is 47.4 Å². The third-order valence-corrected chi connectivity index (χ3v) is 5.44. The topological polar surface area (TPSA) is 114 Å². The number of benzene rings is 2. The predicted octanol–water partition coefficient (Wildman–Crippen LogP) is 7.25. The van der Waals surface area contributed by atoms with E-state index in [9.17, 15) is 9.18 Å². The number of halogens is 1. The second-order valence-electron chi connectivity index (χ2n) is 9.19. The number of aromatic carboxylic acids is 1. The Morgan fingerprint density at radius 1 is 1.05 bits per heavy atom. The summed E-state index contributed by atoms with van der Waals surface area (Å²) in [6.07, 6.45) is 3.68. The first-order valence-electron chi connectivity index (χ1n) is 13.0. The van der Waals surface area contributed by atoms with Crippen LogP contribution in [0.5, 0.6) is 0 Å². The van der Waals surface area contributed by atoms with Crippen molar-refractivity contribution in [1.82, 2.24) is 10.1 Å². The molecule has 1 aliphatic heterocycles. The number of carboxylic acid groups (broad SMARTS) is 1. The first-order chi connectivity index (χ1) is 18.7. The summed E-state index contributed by atoms with van der Waals surface area (Å²) in [4.78, 5) is 33.8. The number of nitrogens with zero attached hydrogens (tertiary/aromatic N) is 3. The summed E-state index contributed by atoms with van der Waals surface area (Å²) in [5.41, 5.74) is 3.10. The lowest BCUT2D eigenvalue weighted by molar-refractivity contribution is -0.0987. The standard InChI is InChI=1S/C22H22FN3O3.C4H10.C2H6.2CH2O/c1-13-11-16(7-9-19(13)26-10-4-3-5-14(26)2)21-24-20(25-29-21)15-6-8-17(22(27)28)18(23)12-15;1-4(2)3;3*1-2/h6-9,11-12,14H,3-5,10H2,1-2H3,(H,27,28);4H,1-3H3;1-2H3;2*1H2. The van der Waals surface area contributed by atoms with Crippen LogP contribution in [0.1, 0.15) is 76.7 Å². The number of aromatic nitrogens is 2. The minimum absolute atomic E-state index is 0.210. The van der Waals surface area contributed by atoms with Crippen LogP contribution in [0, 0.1) is 18.7 Å². The van der Waals surface area contributed by atoms with Gasteiger partial charge >= 0.3 is 5.97 Å². The molecule has 0 radical (unpaired) electrons. The second-order valence-corrected chi connectivity index (χ2v) is 9.19. The molecule has 4 rings (SSSR count). The van der Waals surface area contributed by atoms with Gasteiger partial charge in [-0.15, -0.1) is 0 Å². The Morgan fingerprint density at radius 3 is 2.15 bits per heavy atom. The summed E-state index contributed by atoms with van der Waals surface area (Å²) in [7, 11) is 0. The first-order valence-corrected chi connectivity index (χ1v) is 13.0. The summed E-state index contributed by atoms with van der Waals surface area (Å²) in [6, 6.07) is 10.3. The molecule has 1 fully saturated rings. The Bertz CT molecular complexity index is 1140. The van der Waals surface area contributed by atoms with Crippen molar-refractivity contribution in [2.24, 2.45) is 5.92 Å². The van der Waals surface area contributed by atoms with Crippen LogP contribution < -0.4 is 4.90 Å². The lowest BCUT2D eigenvalue weighted by Gasteiger charge is -2.36. The van der Waals surface area contributed by atoms with Crippen molar-refractivity contribution < 1.29 is 28.4 Å². The van der Waals surface area contributed by atoms with Crippen molar-refractivity contribution in [2.75, 3.05) is 11.4 Å². The van der Waals surface area contributed by atoms with E-state index < -0.39 is 17.3 Å². The Labute approximate surface area is 231 Å². The summed E-state index contributed by atoms with van der Waals surface area (Å²) in [5.74, 6) is -0.773. The van der Waals surface area contributed by atoms with Crippen molar-refractivity contribution in [1.29, 1.82) is 0 Å². The molecule has 1 N–H and O–H groups in total. The fourth-order valence-corrected chi connectivity index (χ4v) is 3.85. The molecular weight excluding hydrogens is 501 g/mol. The zero-order chi connectivity index (χ0) is 30.1. The Balaban J connectivity index is 0.00000128. The normalized spacial score (nSPS) is 13.8. The van der Waals surface area contributed by atoms with Crippen molar-refractivity contribution in [3.05, 3.63) is 53.3 Å². The van der Waals surface area contributed by atoms with Crippen LogP contribution in [-0.2, 0) is 9.59 Å². The fraction of sp³-hybridized carbons (Fsp3) is 0.433. The maximum atomic E-state index is 14.0. The summed E-state index contributed by atoms with van der Waals surface area (Å²) < 4.78 is 19.3. The maximum Gasteiger partial charge on any atom is 0.338 e. The van der Waals surface area contributed by atoms with Crippen molar-refractivity contribution >= 4 is 25.2 Å². The molecule has 1 atom stereocenters. The van der Waals surface area contributed by atoms with Gasteiger partial charge in [-0.25, -0.2) is 9.18 Å². The van der Waals surface area contributed by atoms with E-state index in [1.807, 2.05) is 39.6 Å². The number of piperidine rings is 1. The smallest absolute Gasteiger partial charge is 0.338 e. The summed E-state index contributed by atoms with van der Waals surface area (Å²) in [5, 5.41) is 12.9. The van der Waals surface area contributed by atoms with Gasteiger partial charge in [-0.05, 0) is 81.0 Å². The molecule has 1 unspecified atom stereocenters. The van der Waals surface area contributed by atoms with Gasteiger partial charge in [0.05, 0.1) is 5.56 Å². The molecule has 2 heterocycles. The number of aryl methyl sites for hydroxylation is 1. The zero-order valence-corrected chi connectivity index (χ0v) is 24.2. The van der Waals surface area contributed by atoms with E-state index in [2.05, 4.69) is 55.7 Å². The van der Waals surface area contributed by atoms with Gasteiger partial charge in [0.15, 0.2) is 0 Å². The molecule has 214 valence electrons. The Morgan fingerprint density at radius 2 is 1.64 bits per heavy atom. The average Bonchev–Trinajstić information content (AvgIpc) is 3.43. The van der Waals surface area contributed by atoms with Gasteiger partial charge in [-0.2, -0.15) is 4.98 Å². The molecule has 1 aliphatic rings. The quantitative estimate of drug-likeness (QED) is 0.366. The van der Waals surface area contributed by atoms with Gasteiger partial charge in [0.2, 0.25) is 5.82 Å². The van der Waals surface area contributed by atoms with Crippen LogP contribution in [0.4, 0.5) is 10.1 Å². The second kappa shape index (κ2) is 18.4. The molecule has 2 aromatic carbocycles. The molecule has 39 heavy (non-hydrogen) atoms. The molecule has 0 spiro atoms. The largest absolute Gasteiger partial charge is 0.478 e. The molecule has 0 aliphatic carbocycles. The highest BCUT2D eigenvalue weighted by molar-refractivity contribution is 5.88. The third-order valence-electron chi connectivity index (χ3n) is 5.44. The number of carbonyl (C=O) groups is 3. The highest BCUT2D eigenvalue weighted by atomic mass is 19.1. The molecule has 9 heteroatoms. The zero-order valence-electron chi connectivity index (χ0n) is 24.2. The summed E-state index contributed by atoms with van der Waals surface area (Å²) >= 11 is 0. The fourth-order valence-electron chi connectivity index (χ4n) is 3.85. The van der Waals surface area contributed by atoms with Gasteiger partial charge in [-0.3, -0.25) is 0 Å². The minimum atomic E-state index is -1.32. The number of carbonyl (C=O) groups excluding carboxylic acids is 2. The molecule has 0 bridgehead atoms. The Hall–Kier alpha value is -3.88. The molecule has 0 saturated carbocycles. The first kappa shape index (κ1) is 35.1. The monoisotopic (exact) mass is 543 g/mol. The number of rotatable bonds is 4. The molecule has 0 amide bonds. The number of anilines is 1. The van der Waals surface area contributed by atoms with Crippen LogP contribution in [0.3, 0.4) is 0 Å². The number of hydrogen-bond acceptors (Lipinski definition) is 7. The van der Waals surface area contributed by atoms with E-state index in [1.165, 1.54) is 37.1 Å². The van der Waals surface area contributed by atoms with E-state index >= 15 is 0 Å².